The number of pyridine rings is 1. The van der Waals surface area contributed by atoms with Crippen molar-refractivity contribution in [1.82, 2.24) is 9.29 Å². The highest BCUT2D eigenvalue weighted by Crippen LogP contribution is 2.25. The number of aromatic nitrogens is 1. The van der Waals surface area contributed by atoms with Crippen LogP contribution in [-0.2, 0) is 10.0 Å². The Balaban J connectivity index is 2.21. The van der Waals surface area contributed by atoms with E-state index >= 15 is 0 Å². The molecule has 0 aromatic carbocycles. The summed E-state index contributed by atoms with van der Waals surface area (Å²) in [6, 6.07) is 1.48. The molecule has 0 radical (unpaired) electrons. The summed E-state index contributed by atoms with van der Waals surface area (Å²) in [4.78, 5) is 4.29. The standard InChI is InChI=1S/C12H18ClN3O2S2/c1-2-3-14-12-11(13)8-10(9-15-12)20(17,18)16-4-6-19-7-5-16/h8-9H,2-7H2,1H3,(H,14,15). The van der Waals surface area contributed by atoms with Crippen molar-refractivity contribution in [2.75, 3.05) is 36.5 Å². The van der Waals surface area contributed by atoms with Crippen LogP contribution in [0.15, 0.2) is 17.2 Å². The smallest absolute Gasteiger partial charge is 0.244 e. The molecule has 1 aromatic heterocycles. The highest BCUT2D eigenvalue weighted by molar-refractivity contribution is 7.99. The van der Waals surface area contributed by atoms with E-state index in [0.717, 1.165) is 24.5 Å². The number of sulfonamides is 1. The molecule has 8 heteroatoms. The summed E-state index contributed by atoms with van der Waals surface area (Å²) in [6.45, 7) is 3.87. The lowest BCUT2D eigenvalue weighted by Crippen LogP contribution is -2.37. The largest absolute Gasteiger partial charge is 0.369 e. The molecule has 1 fully saturated rings. The number of thioether (sulfide) groups is 1. The number of anilines is 1. The van der Waals surface area contributed by atoms with Gasteiger partial charge in [0.25, 0.3) is 0 Å². The van der Waals surface area contributed by atoms with Crippen molar-refractivity contribution in [1.29, 1.82) is 0 Å². The maximum atomic E-state index is 12.5. The van der Waals surface area contributed by atoms with Crippen LogP contribution in [0.25, 0.3) is 0 Å². The monoisotopic (exact) mass is 335 g/mol. The molecular formula is C12H18ClN3O2S2. The normalized spacial score (nSPS) is 17.1. The molecule has 0 saturated carbocycles. The molecule has 1 aromatic rings. The number of nitrogens with one attached hydrogen (secondary N) is 1. The van der Waals surface area contributed by atoms with Gasteiger partial charge in [-0.25, -0.2) is 13.4 Å². The maximum Gasteiger partial charge on any atom is 0.244 e. The summed E-state index contributed by atoms with van der Waals surface area (Å²) >= 11 is 7.86. The molecule has 2 rings (SSSR count). The Morgan fingerprint density at radius 1 is 1.45 bits per heavy atom. The summed E-state index contributed by atoms with van der Waals surface area (Å²) in [5, 5.41) is 3.40. The lowest BCUT2D eigenvalue weighted by atomic mass is 10.4. The van der Waals surface area contributed by atoms with Crippen molar-refractivity contribution in [3.63, 3.8) is 0 Å². The van der Waals surface area contributed by atoms with E-state index in [1.165, 1.54) is 16.6 Å². The van der Waals surface area contributed by atoms with Crippen LogP contribution in [0.3, 0.4) is 0 Å². The van der Waals surface area contributed by atoms with Gasteiger partial charge in [0, 0.05) is 37.3 Å². The van der Waals surface area contributed by atoms with Gasteiger partial charge in [-0.3, -0.25) is 0 Å². The Bertz CT molecular complexity index is 560. The minimum Gasteiger partial charge on any atom is -0.369 e. The van der Waals surface area contributed by atoms with E-state index in [1.54, 1.807) is 11.8 Å². The van der Waals surface area contributed by atoms with Crippen LogP contribution in [-0.4, -0.2) is 48.8 Å². The molecule has 1 aliphatic heterocycles. The van der Waals surface area contributed by atoms with Crippen molar-refractivity contribution >= 4 is 39.2 Å². The molecule has 1 N–H and O–H groups in total. The fourth-order valence-electron chi connectivity index (χ4n) is 1.87. The van der Waals surface area contributed by atoms with Crippen molar-refractivity contribution in [2.24, 2.45) is 0 Å². The average Bonchev–Trinajstić information content (AvgIpc) is 2.47. The lowest BCUT2D eigenvalue weighted by molar-refractivity contribution is 0.443. The summed E-state index contributed by atoms with van der Waals surface area (Å²) in [5.74, 6) is 2.19. The van der Waals surface area contributed by atoms with E-state index in [2.05, 4.69) is 10.3 Å². The van der Waals surface area contributed by atoms with Gasteiger partial charge in [0.05, 0.1) is 5.02 Å². The third-order valence-corrected chi connectivity index (χ3v) is 6.06. The molecule has 0 bridgehead atoms. The van der Waals surface area contributed by atoms with Crippen LogP contribution in [0.1, 0.15) is 13.3 Å². The van der Waals surface area contributed by atoms with Gasteiger partial charge in [-0.1, -0.05) is 18.5 Å². The number of rotatable bonds is 5. The molecule has 112 valence electrons. The summed E-state index contributed by atoms with van der Waals surface area (Å²) in [7, 11) is -3.48. The fourth-order valence-corrected chi connectivity index (χ4v) is 4.72. The maximum absolute atomic E-state index is 12.5. The molecule has 1 saturated heterocycles. The lowest BCUT2D eigenvalue weighted by Gasteiger charge is -2.25. The molecule has 5 nitrogen and oxygen atoms in total. The Morgan fingerprint density at radius 2 is 2.15 bits per heavy atom. The van der Waals surface area contributed by atoms with E-state index in [9.17, 15) is 8.42 Å². The number of hydrogen-bond acceptors (Lipinski definition) is 5. The molecule has 20 heavy (non-hydrogen) atoms. The molecule has 0 aliphatic carbocycles. The minimum atomic E-state index is -3.48. The van der Waals surface area contributed by atoms with Crippen molar-refractivity contribution in [3.05, 3.63) is 17.3 Å². The predicted octanol–water partition coefficient (Wildman–Crippen LogP) is 2.29. The zero-order valence-electron chi connectivity index (χ0n) is 11.3. The summed E-state index contributed by atoms with van der Waals surface area (Å²) in [5.41, 5.74) is 0. The Morgan fingerprint density at radius 3 is 2.75 bits per heavy atom. The molecule has 0 atom stereocenters. The van der Waals surface area contributed by atoms with Crippen LogP contribution in [0.4, 0.5) is 5.82 Å². The highest BCUT2D eigenvalue weighted by Gasteiger charge is 2.27. The van der Waals surface area contributed by atoms with Gasteiger partial charge in [0.2, 0.25) is 10.0 Å². The Labute approximate surface area is 129 Å². The molecule has 0 amide bonds. The SMILES string of the molecule is CCCNc1ncc(S(=O)(=O)N2CCSCC2)cc1Cl. The van der Waals surface area contributed by atoms with E-state index in [0.29, 0.717) is 23.9 Å². The topological polar surface area (TPSA) is 62.3 Å². The minimum absolute atomic E-state index is 0.163. The van der Waals surface area contributed by atoms with Crippen LogP contribution >= 0.6 is 23.4 Å². The fraction of sp³-hybridized carbons (Fsp3) is 0.583. The Kier molecular flexibility index (Phi) is 5.54. The van der Waals surface area contributed by atoms with Gasteiger partial charge in [-0.15, -0.1) is 0 Å². The molecule has 0 spiro atoms. The second-order valence-corrected chi connectivity index (χ2v) is 8.01. The second kappa shape index (κ2) is 6.98. The first-order valence-electron chi connectivity index (χ1n) is 6.53. The number of halogens is 1. The van der Waals surface area contributed by atoms with Crippen LogP contribution in [0.5, 0.6) is 0 Å². The van der Waals surface area contributed by atoms with Crippen molar-refractivity contribution < 1.29 is 8.42 Å². The molecular weight excluding hydrogens is 318 g/mol. The quantitative estimate of drug-likeness (QED) is 0.894. The van der Waals surface area contributed by atoms with E-state index in [4.69, 9.17) is 11.6 Å². The highest BCUT2D eigenvalue weighted by atomic mass is 35.5. The van der Waals surface area contributed by atoms with Crippen LogP contribution in [0.2, 0.25) is 5.02 Å². The first-order valence-corrected chi connectivity index (χ1v) is 9.50. The van der Waals surface area contributed by atoms with Crippen molar-refractivity contribution in [3.8, 4) is 0 Å². The predicted molar refractivity (Wildman–Crippen MR) is 84.1 cm³/mol. The first kappa shape index (κ1) is 15.9. The number of hydrogen-bond donors (Lipinski definition) is 1. The summed E-state index contributed by atoms with van der Waals surface area (Å²) in [6.07, 6.45) is 2.32. The van der Waals surface area contributed by atoms with Crippen LogP contribution < -0.4 is 5.32 Å². The first-order chi connectivity index (χ1) is 9.55. The number of nitrogens with zero attached hydrogens (tertiary/aromatic N) is 2. The van der Waals surface area contributed by atoms with Crippen molar-refractivity contribution in [2.45, 2.75) is 18.2 Å². The van der Waals surface area contributed by atoms with Gasteiger partial charge in [0.15, 0.2) is 0 Å². The van der Waals surface area contributed by atoms with Gasteiger partial charge < -0.3 is 5.32 Å². The van der Waals surface area contributed by atoms with E-state index < -0.39 is 10.0 Å². The second-order valence-electron chi connectivity index (χ2n) is 4.44. The molecule has 1 aliphatic rings. The summed E-state index contributed by atoms with van der Waals surface area (Å²) < 4.78 is 26.4. The van der Waals surface area contributed by atoms with E-state index in [-0.39, 0.29) is 4.90 Å². The van der Waals surface area contributed by atoms with E-state index in [1.807, 2.05) is 6.92 Å². The third kappa shape index (κ3) is 3.58. The van der Waals surface area contributed by atoms with Gasteiger partial charge in [0.1, 0.15) is 10.7 Å². The molecule has 2 heterocycles. The third-order valence-electron chi connectivity index (χ3n) is 2.97. The van der Waals surface area contributed by atoms with Gasteiger partial charge in [-0.05, 0) is 12.5 Å². The zero-order chi connectivity index (χ0) is 14.6. The Hall–Kier alpha value is -0.500. The molecule has 0 unspecified atom stereocenters. The van der Waals surface area contributed by atoms with Crippen LogP contribution in [0, 0.1) is 0 Å². The van der Waals surface area contributed by atoms with Gasteiger partial charge in [-0.2, -0.15) is 16.1 Å². The zero-order valence-corrected chi connectivity index (χ0v) is 13.7. The average molecular weight is 336 g/mol. The van der Waals surface area contributed by atoms with Gasteiger partial charge >= 0.3 is 0 Å².